The van der Waals surface area contributed by atoms with E-state index in [0.29, 0.717) is 5.82 Å². The molecule has 2 aromatic rings. The van der Waals surface area contributed by atoms with Crippen LogP contribution < -0.4 is 10.8 Å². The number of aromatic nitrogens is 2. The molecule has 0 radical (unpaired) electrons. The van der Waals surface area contributed by atoms with Crippen molar-refractivity contribution in [2.24, 2.45) is 5.41 Å². The molecule has 0 saturated carbocycles. The number of hydrogen-bond acceptors (Lipinski definition) is 5. The van der Waals surface area contributed by atoms with Crippen molar-refractivity contribution in [1.29, 1.82) is 0 Å². The number of carbonyl (C=O) groups excluding carboxylic acids is 1. The Hall–Kier alpha value is -2.32. The van der Waals surface area contributed by atoms with Crippen molar-refractivity contribution in [3.05, 3.63) is 36.3 Å². The molecule has 8 heteroatoms. The van der Waals surface area contributed by atoms with Gasteiger partial charge in [0, 0.05) is 0 Å². The minimum Gasteiger partial charge on any atom is -0.444 e. The predicted molar refractivity (Wildman–Crippen MR) is 131 cm³/mol. The van der Waals surface area contributed by atoms with Crippen molar-refractivity contribution in [2.75, 3.05) is 0 Å². The first kappa shape index (κ1) is 25.3. The minimum absolute atomic E-state index is 0.271. The van der Waals surface area contributed by atoms with Gasteiger partial charge in [0.05, 0.1) is 29.1 Å². The number of nitrogens with one attached hydrogen (secondary N) is 2. The summed E-state index contributed by atoms with van der Waals surface area (Å²) < 4.78 is 17.7. The van der Waals surface area contributed by atoms with Gasteiger partial charge in [0.2, 0.25) is 0 Å². The summed E-state index contributed by atoms with van der Waals surface area (Å²) in [4.78, 5) is 20.4. The van der Waals surface area contributed by atoms with Crippen LogP contribution in [-0.2, 0) is 14.0 Å². The van der Waals surface area contributed by atoms with Crippen molar-refractivity contribution in [3.63, 3.8) is 0 Å². The second-order valence-corrected chi connectivity index (χ2v) is 11.8. The van der Waals surface area contributed by atoms with E-state index in [1.807, 2.05) is 72.7 Å². The summed E-state index contributed by atoms with van der Waals surface area (Å²) in [5.41, 5.74) is 1.22. The van der Waals surface area contributed by atoms with Gasteiger partial charge < -0.3 is 24.3 Å². The number of benzene rings is 1. The van der Waals surface area contributed by atoms with Gasteiger partial charge in [-0.2, -0.15) is 0 Å². The number of ether oxygens (including phenoxy) is 1. The Kier molecular flexibility index (Phi) is 6.50. The van der Waals surface area contributed by atoms with Crippen molar-refractivity contribution in [2.45, 2.75) is 92.1 Å². The van der Waals surface area contributed by atoms with Crippen molar-refractivity contribution >= 4 is 18.7 Å². The highest BCUT2D eigenvalue weighted by molar-refractivity contribution is 6.62. The first-order chi connectivity index (χ1) is 15.0. The number of alkyl carbamates (subject to hydrolysis) is 1. The summed E-state index contributed by atoms with van der Waals surface area (Å²) in [6, 6.07) is 7.72. The lowest BCUT2D eigenvalue weighted by Crippen LogP contribution is -2.41. The van der Waals surface area contributed by atoms with Crippen molar-refractivity contribution < 1.29 is 18.8 Å². The summed E-state index contributed by atoms with van der Waals surface area (Å²) >= 11 is 0. The van der Waals surface area contributed by atoms with Gasteiger partial charge in [0.1, 0.15) is 11.4 Å². The van der Waals surface area contributed by atoms with Crippen LogP contribution in [0.15, 0.2) is 30.5 Å². The molecule has 1 aliphatic rings. The molecule has 1 saturated heterocycles. The van der Waals surface area contributed by atoms with Crippen LogP contribution in [0.25, 0.3) is 11.3 Å². The highest BCUT2D eigenvalue weighted by Gasteiger charge is 2.51. The van der Waals surface area contributed by atoms with Gasteiger partial charge in [-0.15, -0.1) is 0 Å². The standard InChI is InChI=1S/C25H38BN3O4/c1-22(2,3)19(29-21(30)31-23(4,5)6)20-27-15-18(28-20)16-11-13-17(14-12-16)26-32-24(7,8)25(9,10)33-26/h11-15,19H,1-10H3,(H,27,28)(H,29,30). The molecule has 0 aliphatic carbocycles. The van der Waals surface area contributed by atoms with Gasteiger partial charge in [-0.05, 0) is 64.9 Å². The van der Waals surface area contributed by atoms with Crippen LogP contribution in [0.3, 0.4) is 0 Å². The quantitative estimate of drug-likeness (QED) is 0.635. The first-order valence-corrected chi connectivity index (χ1v) is 11.5. The van der Waals surface area contributed by atoms with E-state index < -0.39 is 18.8 Å². The van der Waals surface area contributed by atoms with Crippen LogP contribution in [0, 0.1) is 5.41 Å². The molecule has 7 nitrogen and oxygen atoms in total. The molecule has 180 valence electrons. The largest absolute Gasteiger partial charge is 0.494 e. The fraction of sp³-hybridized carbons (Fsp3) is 0.600. The van der Waals surface area contributed by atoms with E-state index in [0.717, 1.165) is 16.7 Å². The van der Waals surface area contributed by atoms with Crippen LogP contribution in [0.5, 0.6) is 0 Å². The van der Waals surface area contributed by atoms with Gasteiger partial charge in [0.15, 0.2) is 0 Å². The van der Waals surface area contributed by atoms with Crippen LogP contribution >= 0.6 is 0 Å². The maximum Gasteiger partial charge on any atom is 0.494 e. The molecule has 1 aliphatic heterocycles. The van der Waals surface area contributed by atoms with Gasteiger partial charge in [-0.25, -0.2) is 9.78 Å². The van der Waals surface area contributed by atoms with Crippen LogP contribution in [0.2, 0.25) is 0 Å². The third-order valence-electron chi connectivity index (χ3n) is 6.14. The maximum absolute atomic E-state index is 12.4. The molecular weight excluding hydrogens is 417 g/mol. The number of rotatable bonds is 4. The smallest absolute Gasteiger partial charge is 0.444 e. The molecule has 1 atom stereocenters. The Bertz CT molecular complexity index is 968. The SMILES string of the molecule is CC(C)(C)OC(=O)NC(c1ncc(-c2ccc(B3OC(C)(C)C(C)(C)O3)cc2)[nH]1)C(C)(C)C. The molecule has 0 bridgehead atoms. The lowest BCUT2D eigenvalue weighted by molar-refractivity contribution is 0.00578. The molecule has 1 aromatic carbocycles. The average molecular weight is 455 g/mol. The highest BCUT2D eigenvalue weighted by Crippen LogP contribution is 2.37. The van der Waals surface area contributed by atoms with Gasteiger partial charge in [-0.1, -0.05) is 45.0 Å². The van der Waals surface area contributed by atoms with Crippen LogP contribution in [0.4, 0.5) is 4.79 Å². The maximum atomic E-state index is 12.4. The Labute approximate surface area is 198 Å². The monoisotopic (exact) mass is 455 g/mol. The molecule has 1 fully saturated rings. The van der Waals surface area contributed by atoms with Gasteiger partial charge in [0.25, 0.3) is 0 Å². The van der Waals surface area contributed by atoms with E-state index in [2.05, 4.69) is 36.1 Å². The first-order valence-electron chi connectivity index (χ1n) is 11.5. The zero-order valence-electron chi connectivity index (χ0n) is 21.6. The number of amides is 1. The fourth-order valence-corrected chi connectivity index (χ4v) is 3.55. The van der Waals surface area contributed by atoms with E-state index in [1.165, 1.54) is 0 Å². The summed E-state index contributed by atoms with van der Waals surface area (Å²) in [7, 11) is -0.398. The Balaban J connectivity index is 1.78. The average Bonchev–Trinajstić information content (AvgIpc) is 3.20. The van der Waals surface area contributed by atoms with E-state index in [-0.39, 0.29) is 22.7 Å². The van der Waals surface area contributed by atoms with E-state index in [1.54, 1.807) is 6.20 Å². The second-order valence-electron chi connectivity index (χ2n) is 11.8. The van der Waals surface area contributed by atoms with Crippen molar-refractivity contribution in [1.82, 2.24) is 15.3 Å². The van der Waals surface area contributed by atoms with Gasteiger partial charge >= 0.3 is 13.2 Å². The number of imidazole rings is 1. The summed E-state index contributed by atoms with van der Waals surface area (Å²) in [5, 5.41) is 2.97. The summed E-state index contributed by atoms with van der Waals surface area (Å²) in [5.74, 6) is 0.679. The summed E-state index contributed by atoms with van der Waals surface area (Å²) in [6.45, 7) is 19.9. The predicted octanol–water partition coefficient (Wildman–Crippen LogP) is 4.99. The topological polar surface area (TPSA) is 85.5 Å². The van der Waals surface area contributed by atoms with Crippen LogP contribution in [0.1, 0.15) is 81.1 Å². The lowest BCUT2D eigenvalue weighted by atomic mass is 9.79. The van der Waals surface area contributed by atoms with Crippen molar-refractivity contribution in [3.8, 4) is 11.3 Å². The summed E-state index contributed by atoms with van der Waals surface area (Å²) in [6.07, 6.45) is 1.32. The Morgan fingerprint density at radius 3 is 2.06 bits per heavy atom. The lowest BCUT2D eigenvalue weighted by Gasteiger charge is -2.32. The minimum atomic E-state index is -0.570. The Morgan fingerprint density at radius 2 is 1.58 bits per heavy atom. The van der Waals surface area contributed by atoms with Gasteiger partial charge in [-0.3, -0.25) is 0 Å². The second kappa shape index (κ2) is 8.47. The Morgan fingerprint density at radius 1 is 1.03 bits per heavy atom. The normalized spacial score (nSPS) is 18.8. The third-order valence-corrected chi connectivity index (χ3v) is 6.14. The molecule has 0 spiro atoms. The number of nitrogens with zero attached hydrogens (tertiary/aromatic N) is 1. The molecule has 1 aromatic heterocycles. The molecule has 1 unspecified atom stereocenters. The van der Waals surface area contributed by atoms with E-state index in [4.69, 9.17) is 14.0 Å². The molecular formula is C25H38BN3O4. The van der Waals surface area contributed by atoms with Crippen LogP contribution in [-0.4, -0.2) is 40.0 Å². The molecule has 2 N–H and O–H groups in total. The van der Waals surface area contributed by atoms with E-state index >= 15 is 0 Å². The molecule has 33 heavy (non-hydrogen) atoms. The fourth-order valence-electron chi connectivity index (χ4n) is 3.55. The third kappa shape index (κ3) is 5.79. The molecule has 2 heterocycles. The molecule has 1 amide bonds. The zero-order chi connectivity index (χ0) is 24.8. The van der Waals surface area contributed by atoms with E-state index in [9.17, 15) is 4.79 Å². The highest BCUT2D eigenvalue weighted by atomic mass is 16.7. The number of carbonyl (C=O) groups is 1. The molecule has 3 rings (SSSR count). The zero-order valence-corrected chi connectivity index (χ0v) is 21.6. The number of H-pyrrole nitrogens is 1. The number of aromatic amines is 1. The number of hydrogen-bond donors (Lipinski definition) is 2.